The molecule has 7 heteroatoms. The zero-order valence-corrected chi connectivity index (χ0v) is 38.8. The lowest BCUT2D eigenvalue weighted by atomic mass is 10.1. The minimum atomic E-state index is -2.92. The molecule has 0 aliphatic heterocycles. The van der Waals surface area contributed by atoms with Crippen LogP contribution in [0.5, 0.6) is 0 Å². The van der Waals surface area contributed by atoms with Gasteiger partial charge < -0.3 is 8.98 Å². The van der Waals surface area contributed by atoms with E-state index in [1.54, 1.807) is 0 Å². The summed E-state index contributed by atoms with van der Waals surface area (Å²) in [5.74, 6) is 1.63. The molecule has 70 heavy (non-hydrogen) atoms. The molecular weight excluding hydrogens is 871 g/mol. The zero-order valence-electron chi connectivity index (χ0n) is 37.8. The van der Waals surface area contributed by atoms with Crippen molar-refractivity contribution < 1.29 is 4.42 Å². The van der Waals surface area contributed by atoms with Crippen LogP contribution < -0.4 is 20.7 Å². The summed E-state index contributed by atoms with van der Waals surface area (Å²) >= 11 is 0. The van der Waals surface area contributed by atoms with Gasteiger partial charge in [-0.25, -0.2) is 4.98 Å². The van der Waals surface area contributed by atoms with Crippen molar-refractivity contribution in [2.45, 2.75) is 0 Å². The Hall–Kier alpha value is -9.17. The predicted octanol–water partition coefficient (Wildman–Crippen LogP) is 12.7. The normalized spacial score (nSPS) is 12.0. The maximum Gasteiger partial charge on any atom is 0.238 e. The highest BCUT2D eigenvalue weighted by Gasteiger charge is 2.41. The van der Waals surface area contributed by atoms with Crippen LogP contribution in [0, 0.1) is 0 Å². The molecule has 0 atom stereocenters. The molecule has 14 aromatic rings. The fourth-order valence-corrected chi connectivity index (χ4v) is 15.9. The van der Waals surface area contributed by atoms with E-state index >= 15 is 0 Å². The number of aromatic nitrogens is 5. The summed E-state index contributed by atoms with van der Waals surface area (Å²) in [5, 5.41) is 11.8. The number of benzene rings is 10. The molecule has 14 rings (SSSR count). The lowest BCUT2D eigenvalue weighted by Gasteiger charge is -2.34. The predicted molar refractivity (Wildman–Crippen MR) is 290 cm³/mol. The maximum absolute atomic E-state index is 6.69. The largest absolute Gasteiger partial charge is 0.456 e. The molecule has 4 aromatic heterocycles. The number of hydrogen-bond donors (Lipinski definition) is 0. The van der Waals surface area contributed by atoms with Gasteiger partial charge in [-0.05, 0) is 63.2 Å². The molecule has 4 heterocycles. The van der Waals surface area contributed by atoms with Crippen LogP contribution in [0.1, 0.15) is 0 Å². The van der Waals surface area contributed by atoms with Crippen LogP contribution >= 0.6 is 0 Å². The topological polar surface area (TPSA) is 61.7 Å². The molecule has 6 nitrogen and oxygen atoms in total. The van der Waals surface area contributed by atoms with Crippen molar-refractivity contribution in [2.24, 2.45) is 0 Å². The van der Waals surface area contributed by atoms with Gasteiger partial charge in [0.15, 0.2) is 19.7 Å². The van der Waals surface area contributed by atoms with Gasteiger partial charge in [0.05, 0.1) is 27.8 Å². The van der Waals surface area contributed by atoms with Crippen LogP contribution in [0.25, 0.3) is 100.0 Å². The highest BCUT2D eigenvalue weighted by Crippen LogP contribution is 2.41. The van der Waals surface area contributed by atoms with Gasteiger partial charge in [0.25, 0.3) is 0 Å². The van der Waals surface area contributed by atoms with Gasteiger partial charge in [-0.2, -0.15) is 9.97 Å². The lowest BCUT2D eigenvalue weighted by Crippen LogP contribution is -2.74. The SMILES string of the molecule is c1ccc([Si](c2ccccc2)(c2ccccc2)c2cccc(-c3nc(-c4cc5oc6ccccc6c5cc4-n4c5ccccc5c5ccccc54)nc(-n4c5ccccc5c5ccccc54)n3)c2)cc1. The van der Waals surface area contributed by atoms with Gasteiger partial charge in [-0.15, -0.1) is 0 Å². The first-order chi connectivity index (χ1) is 34.7. The highest BCUT2D eigenvalue weighted by atomic mass is 28.3. The minimum Gasteiger partial charge on any atom is -0.456 e. The van der Waals surface area contributed by atoms with Crippen molar-refractivity contribution in [3.8, 4) is 34.4 Å². The van der Waals surface area contributed by atoms with Gasteiger partial charge in [-0.3, -0.25) is 4.57 Å². The van der Waals surface area contributed by atoms with Gasteiger partial charge in [0.1, 0.15) is 11.2 Å². The number of fused-ring (bicyclic) bond motifs is 9. The summed E-state index contributed by atoms with van der Waals surface area (Å²) in [6.07, 6.45) is 0. The summed E-state index contributed by atoms with van der Waals surface area (Å²) in [6, 6.07) is 89.0. The smallest absolute Gasteiger partial charge is 0.238 e. The third kappa shape index (κ3) is 6.08. The third-order valence-corrected chi connectivity index (χ3v) is 18.9. The second-order valence-electron chi connectivity index (χ2n) is 17.9. The van der Waals surface area contributed by atoms with E-state index in [9.17, 15) is 0 Å². The first-order valence-corrected chi connectivity index (χ1v) is 25.7. The van der Waals surface area contributed by atoms with E-state index in [2.05, 4.69) is 246 Å². The van der Waals surface area contributed by atoms with Crippen LogP contribution in [0.3, 0.4) is 0 Å². The third-order valence-electron chi connectivity index (χ3n) is 14.1. The van der Waals surface area contributed by atoms with E-state index in [1.807, 2.05) is 12.1 Å². The molecule has 0 radical (unpaired) electrons. The number of nitrogens with zero attached hydrogens (tertiary/aromatic N) is 5. The molecule has 0 fully saturated rings. The maximum atomic E-state index is 6.69. The van der Waals surface area contributed by atoms with Crippen molar-refractivity contribution in [1.82, 2.24) is 24.1 Å². The Morgan fingerprint density at radius 1 is 0.314 bits per heavy atom. The Morgan fingerprint density at radius 2 is 0.757 bits per heavy atom. The molecule has 10 aromatic carbocycles. The number of para-hydroxylation sites is 5. The number of rotatable bonds is 8. The van der Waals surface area contributed by atoms with Gasteiger partial charge >= 0.3 is 0 Å². The highest BCUT2D eigenvalue weighted by molar-refractivity contribution is 7.19. The van der Waals surface area contributed by atoms with Crippen LogP contribution in [0.4, 0.5) is 0 Å². The standard InChI is InChI=1S/C63H41N5OSi/c1-4-22-43(23-5-1)70(44-24-6-2-7-25-44,45-26-8-3-9-27-45)46-28-20-21-42(39-46)61-64-62(66-63(65-61)68-56-36-17-12-31-49(56)50-32-13-18-37-57(50)68)53-41-60-52(51-33-14-19-38-59(51)69-60)40-58(53)67-54-34-15-10-29-47(54)48-30-11-16-35-55(48)67/h1-41H. The molecule has 0 unspecified atom stereocenters. The van der Waals surface area contributed by atoms with E-state index < -0.39 is 8.07 Å². The van der Waals surface area contributed by atoms with Crippen LogP contribution in [-0.4, -0.2) is 32.2 Å². The molecule has 0 aliphatic carbocycles. The number of hydrogen-bond acceptors (Lipinski definition) is 4. The average molecular weight is 912 g/mol. The second kappa shape index (κ2) is 16.0. The van der Waals surface area contributed by atoms with E-state index in [0.717, 1.165) is 71.6 Å². The fourth-order valence-electron chi connectivity index (χ4n) is 11.1. The summed E-state index contributed by atoms with van der Waals surface area (Å²) < 4.78 is 11.3. The van der Waals surface area contributed by atoms with Crippen molar-refractivity contribution in [1.29, 1.82) is 0 Å². The fraction of sp³-hybridized carbons (Fsp3) is 0. The molecule has 328 valence electrons. The molecule has 0 saturated heterocycles. The van der Waals surface area contributed by atoms with E-state index in [-0.39, 0.29) is 0 Å². The van der Waals surface area contributed by atoms with Crippen LogP contribution in [0.2, 0.25) is 0 Å². The monoisotopic (exact) mass is 911 g/mol. The van der Waals surface area contributed by atoms with E-state index in [4.69, 9.17) is 19.4 Å². The minimum absolute atomic E-state index is 0.526. The first kappa shape index (κ1) is 39.9. The first-order valence-electron chi connectivity index (χ1n) is 23.7. The Morgan fingerprint density at radius 3 is 1.30 bits per heavy atom. The van der Waals surface area contributed by atoms with Crippen molar-refractivity contribution >= 4 is 94.4 Å². The van der Waals surface area contributed by atoms with Gasteiger partial charge in [0.2, 0.25) is 5.95 Å². The van der Waals surface area contributed by atoms with E-state index in [1.165, 1.54) is 31.5 Å². The molecular formula is C63H41N5OSi. The van der Waals surface area contributed by atoms with Crippen LogP contribution in [0.15, 0.2) is 253 Å². The Labute approximate surface area is 404 Å². The Balaban J connectivity index is 1.09. The lowest BCUT2D eigenvalue weighted by molar-refractivity contribution is 0.669. The van der Waals surface area contributed by atoms with Crippen LogP contribution in [-0.2, 0) is 0 Å². The summed E-state index contributed by atoms with van der Waals surface area (Å²) in [4.78, 5) is 16.7. The summed E-state index contributed by atoms with van der Waals surface area (Å²) in [7, 11) is -2.92. The quantitative estimate of drug-likeness (QED) is 0.113. The molecule has 0 saturated carbocycles. The number of furan rings is 1. The second-order valence-corrected chi connectivity index (χ2v) is 21.7. The van der Waals surface area contributed by atoms with Crippen molar-refractivity contribution in [2.75, 3.05) is 0 Å². The molecule has 0 N–H and O–H groups in total. The average Bonchev–Trinajstić information content (AvgIpc) is 4.09. The summed E-state index contributed by atoms with van der Waals surface area (Å²) in [6.45, 7) is 0. The molecule has 0 aliphatic rings. The zero-order chi connectivity index (χ0) is 46.2. The Kier molecular flexibility index (Phi) is 9.12. The molecule has 0 bridgehead atoms. The molecule has 0 spiro atoms. The Bertz CT molecular complexity index is 4110. The van der Waals surface area contributed by atoms with Gasteiger partial charge in [-0.1, -0.05) is 206 Å². The van der Waals surface area contributed by atoms with E-state index in [0.29, 0.717) is 17.6 Å². The molecule has 0 amide bonds. The van der Waals surface area contributed by atoms with Crippen molar-refractivity contribution in [3.63, 3.8) is 0 Å². The van der Waals surface area contributed by atoms with Crippen molar-refractivity contribution in [3.05, 3.63) is 249 Å². The van der Waals surface area contributed by atoms with Gasteiger partial charge in [0, 0.05) is 43.4 Å². The summed E-state index contributed by atoms with van der Waals surface area (Å²) in [5.41, 5.74) is 8.44.